The molecule has 0 radical (unpaired) electrons. The van der Waals surface area contributed by atoms with Gasteiger partial charge in [0.05, 0.1) is 23.1 Å². The Balaban J connectivity index is 2.18. The van der Waals surface area contributed by atoms with Crippen LogP contribution in [0.4, 0.5) is 0 Å². The van der Waals surface area contributed by atoms with Gasteiger partial charge in [0.2, 0.25) is 0 Å². The molecule has 6 heteroatoms. The number of hydrogen-bond donors (Lipinski definition) is 1. The van der Waals surface area contributed by atoms with Gasteiger partial charge in [-0.3, -0.25) is 4.98 Å². The number of para-hydroxylation sites is 1. The van der Waals surface area contributed by atoms with Gasteiger partial charge in [0, 0.05) is 6.20 Å². The van der Waals surface area contributed by atoms with E-state index in [-0.39, 0.29) is 5.56 Å². The van der Waals surface area contributed by atoms with E-state index in [4.69, 9.17) is 0 Å². The van der Waals surface area contributed by atoms with Gasteiger partial charge < -0.3 is 5.11 Å². The number of rotatable bonds is 3. The zero-order valence-electron chi connectivity index (χ0n) is 10.3. The first-order valence-corrected chi connectivity index (χ1v) is 5.92. The first kappa shape index (κ1) is 12.0. The SMILES string of the molecule is O=C(O)c1ccccc1-n1nncc1-c1ccccn1. The summed E-state index contributed by atoms with van der Waals surface area (Å²) in [5, 5.41) is 17.1. The van der Waals surface area contributed by atoms with E-state index in [0.717, 1.165) is 0 Å². The normalized spacial score (nSPS) is 10.4. The van der Waals surface area contributed by atoms with E-state index < -0.39 is 5.97 Å². The Labute approximate surface area is 114 Å². The molecule has 0 atom stereocenters. The molecule has 0 bridgehead atoms. The Morgan fingerprint density at radius 3 is 2.65 bits per heavy atom. The van der Waals surface area contributed by atoms with Crippen molar-refractivity contribution in [1.82, 2.24) is 20.0 Å². The third-order valence-corrected chi connectivity index (χ3v) is 2.84. The molecule has 1 aromatic carbocycles. The van der Waals surface area contributed by atoms with Gasteiger partial charge in [0.15, 0.2) is 0 Å². The monoisotopic (exact) mass is 266 g/mol. The second kappa shape index (κ2) is 4.93. The van der Waals surface area contributed by atoms with Crippen LogP contribution in [0.1, 0.15) is 10.4 Å². The molecular weight excluding hydrogens is 256 g/mol. The number of carboxylic acid groups (broad SMARTS) is 1. The molecule has 0 spiro atoms. The first-order valence-electron chi connectivity index (χ1n) is 5.92. The maximum absolute atomic E-state index is 11.3. The zero-order chi connectivity index (χ0) is 13.9. The van der Waals surface area contributed by atoms with Crippen LogP contribution in [0.15, 0.2) is 54.9 Å². The van der Waals surface area contributed by atoms with Crippen LogP contribution < -0.4 is 0 Å². The van der Waals surface area contributed by atoms with Crippen LogP contribution in [0.2, 0.25) is 0 Å². The summed E-state index contributed by atoms with van der Waals surface area (Å²) >= 11 is 0. The van der Waals surface area contributed by atoms with Crippen LogP contribution in [-0.2, 0) is 0 Å². The zero-order valence-corrected chi connectivity index (χ0v) is 10.3. The Bertz CT molecular complexity index is 753. The molecule has 3 aromatic rings. The van der Waals surface area contributed by atoms with E-state index in [1.165, 1.54) is 10.7 Å². The van der Waals surface area contributed by atoms with E-state index in [1.54, 1.807) is 30.6 Å². The number of hydrogen-bond acceptors (Lipinski definition) is 4. The second-order valence-electron chi connectivity index (χ2n) is 4.07. The third-order valence-electron chi connectivity index (χ3n) is 2.84. The largest absolute Gasteiger partial charge is 0.478 e. The fourth-order valence-electron chi connectivity index (χ4n) is 1.94. The van der Waals surface area contributed by atoms with Crippen LogP contribution >= 0.6 is 0 Å². The summed E-state index contributed by atoms with van der Waals surface area (Å²) in [7, 11) is 0. The topological polar surface area (TPSA) is 80.9 Å². The van der Waals surface area contributed by atoms with Gasteiger partial charge in [-0.1, -0.05) is 23.4 Å². The number of carboxylic acids is 1. The summed E-state index contributed by atoms with van der Waals surface area (Å²) in [6.07, 6.45) is 3.22. The maximum Gasteiger partial charge on any atom is 0.337 e. The number of aromatic carboxylic acids is 1. The van der Waals surface area contributed by atoms with Crippen molar-refractivity contribution in [1.29, 1.82) is 0 Å². The van der Waals surface area contributed by atoms with Gasteiger partial charge in [-0.05, 0) is 24.3 Å². The van der Waals surface area contributed by atoms with Crippen molar-refractivity contribution in [2.45, 2.75) is 0 Å². The van der Waals surface area contributed by atoms with Crippen LogP contribution in [0.25, 0.3) is 17.1 Å². The molecule has 0 saturated carbocycles. The second-order valence-corrected chi connectivity index (χ2v) is 4.07. The molecule has 3 rings (SSSR count). The van der Waals surface area contributed by atoms with Gasteiger partial charge in [-0.15, -0.1) is 5.10 Å². The summed E-state index contributed by atoms with van der Waals surface area (Å²) in [6.45, 7) is 0. The Kier molecular flexibility index (Phi) is 2.96. The van der Waals surface area contributed by atoms with E-state index in [0.29, 0.717) is 17.1 Å². The predicted molar refractivity (Wildman–Crippen MR) is 71.5 cm³/mol. The van der Waals surface area contributed by atoms with Crippen LogP contribution in [0, 0.1) is 0 Å². The molecule has 1 N–H and O–H groups in total. The molecule has 98 valence electrons. The van der Waals surface area contributed by atoms with Gasteiger partial charge in [0.25, 0.3) is 0 Å². The molecule has 0 aliphatic heterocycles. The highest BCUT2D eigenvalue weighted by Crippen LogP contribution is 2.21. The smallest absolute Gasteiger partial charge is 0.337 e. The summed E-state index contributed by atoms with van der Waals surface area (Å²) in [6, 6.07) is 12.1. The number of aromatic nitrogens is 4. The summed E-state index contributed by atoms with van der Waals surface area (Å²) in [5.41, 5.74) is 1.94. The van der Waals surface area contributed by atoms with Crippen molar-refractivity contribution in [3.63, 3.8) is 0 Å². The average Bonchev–Trinajstić information content (AvgIpc) is 2.97. The number of nitrogens with zero attached hydrogens (tertiary/aromatic N) is 4. The van der Waals surface area contributed by atoms with Crippen molar-refractivity contribution in [2.75, 3.05) is 0 Å². The lowest BCUT2D eigenvalue weighted by Gasteiger charge is -2.08. The molecule has 6 nitrogen and oxygen atoms in total. The minimum absolute atomic E-state index is 0.162. The molecule has 0 saturated heterocycles. The molecule has 0 aliphatic rings. The molecule has 0 fully saturated rings. The van der Waals surface area contributed by atoms with Crippen molar-refractivity contribution in [3.05, 3.63) is 60.4 Å². The summed E-state index contributed by atoms with van der Waals surface area (Å²) in [4.78, 5) is 15.5. The lowest BCUT2D eigenvalue weighted by atomic mass is 10.1. The van der Waals surface area contributed by atoms with Crippen LogP contribution in [0.3, 0.4) is 0 Å². The third kappa shape index (κ3) is 2.03. The summed E-state index contributed by atoms with van der Waals surface area (Å²) in [5.74, 6) is -1.01. The highest BCUT2D eigenvalue weighted by molar-refractivity contribution is 5.92. The van der Waals surface area contributed by atoms with Crippen LogP contribution in [-0.4, -0.2) is 31.1 Å². The molecule has 0 amide bonds. The van der Waals surface area contributed by atoms with Gasteiger partial charge in [-0.2, -0.15) is 0 Å². The summed E-state index contributed by atoms with van der Waals surface area (Å²) < 4.78 is 1.48. The fourth-order valence-corrected chi connectivity index (χ4v) is 1.94. The Morgan fingerprint density at radius 1 is 1.10 bits per heavy atom. The lowest BCUT2D eigenvalue weighted by molar-refractivity contribution is 0.0697. The highest BCUT2D eigenvalue weighted by Gasteiger charge is 2.15. The minimum atomic E-state index is -1.01. The highest BCUT2D eigenvalue weighted by atomic mass is 16.4. The van der Waals surface area contributed by atoms with E-state index in [2.05, 4.69) is 15.3 Å². The molecule has 0 unspecified atom stereocenters. The standard InChI is InChI=1S/C14H10N4O2/c19-14(20)10-5-1-2-7-12(10)18-13(9-16-17-18)11-6-3-4-8-15-11/h1-9H,(H,19,20). The van der Waals surface area contributed by atoms with Crippen molar-refractivity contribution in [3.8, 4) is 17.1 Å². The van der Waals surface area contributed by atoms with Gasteiger partial charge in [-0.25, -0.2) is 9.48 Å². The number of pyridine rings is 1. The Hall–Kier alpha value is -3.02. The van der Waals surface area contributed by atoms with Crippen molar-refractivity contribution in [2.24, 2.45) is 0 Å². The van der Waals surface area contributed by atoms with Crippen LogP contribution in [0.5, 0.6) is 0 Å². The van der Waals surface area contributed by atoms with Crippen molar-refractivity contribution < 1.29 is 9.90 Å². The van der Waals surface area contributed by atoms with Gasteiger partial charge in [0.1, 0.15) is 5.69 Å². The molecule has 2 aromatic heterocycles. The van der Waals surface area contributed by atoms with E-state index >= 15 is 0 Å². The molecule has 2 heterocycles. The first-order chi connectivity index (χ1) is 9.77. The van der Waals surface area contributed by atoms with E-state index in [9.17, 15) is 9.90 Å². The predicted octanol–water partition coefficient (Wildman–Crippen LogP) is 2.03. The molecular formula is C14H10N4O2. The molecule has 0 aliphatic carbocycles. The molecule has 20 heavy (non-hydrogen) atoms. The lowest BCUT2D eigenvalue weighted by Crippen LogP contribution is -2.08. The average molecular weight is 266 g/mol. The van der Waals surface area contributed by atoms with E-state index in [1.807, 2.05) is 18.2 Å². The maximum atomic E-state index is 11.3. The number of carbonyl (C=O) groups is 1. The number of benzene rings is 1. The van der Waals surface area contributed by atoms with Gasteiger partial charge >= 0.3 is 5.97 Å². The Morgan fingerprint density at radius 2 is 1.90 bits per heavy atom. The minimum Gasteiger partial charge on any atom is -0.478 e. The quantitative estimate of drug-likeness (QED) is 0.784. The fraction of sp³-hybridized carbons (Fsp3) is 0. The van der Waals surface area contributed by atoms with Crippen molar-refractivity contribution >= 4 is 5.97 Å².